The fourth-order valence-corrected chi connectivity index (χ4v) is 6.30. The lowest BCUT2D eigenvalue weighted by Crippen LogP contribution is -1.98. The lowest BCUT2D eigenvalue weighted by Gasteiger charge is -2.02. The van der Waals surface area contributed by atoms with E-state index in [2.05, 4.69) is 117 Å². The van der Waals surface area contributed by atoms with Gasteiger partial charge >= 0.3 is 0 Å². The van der Waals surface area contributed by atoms with E-state index in [1.807, 2.05) is 53.1 Å². The third-order valence-corrected chi connectivity index (χ3v) is 9.22. The molecule has 0 unspecified atom stereocenters. The van der Waals surface area contributed by atoms with Crippen LogP contribution in [0, 0.1) is 0 Å². The highest BCUT2D eigenvalue weighted by Gasteiger charge is 2.03. The van der Waals surface area contributed by atoms with Gasteiger partial charge in [0.2, 0.25) is 0 Å². The summed E-state index contributed by atoms with van der Waals surface area (Å²) in [5.74, 6) is 2.86. The fourth-order valence-electron chi connectivity index (χ4n) is 3.77. The molecular formula is C33H39N9S3. The molecule has 0 radical (unpaired) electrons. The largest absolute Gasteiger partial charge is 0.252 e. The first kappa shape index (κ1) is 34.0. The molecule has 0 saturated carbocycles. The van der Waals surface area contributed by atoms with Crippen LogP contribution in [0.1, 0.15) is 37.5 Å². The van der Waals surface area contributed by atoms with Crippen LogP contribution < -0.4 is 0 Å². The van der Waals surface area contributed by atoms with Crippen LogP contribution in [0.5, 0.6) is 0 Å². The second-order valence-corrected chi connectivity index (χ2v) is 12.5. The Morgan fingerprint density at radius 2 is 1.13 bits per heavy atom. The van der Waals surface area contributed by atoms with Crippen molar-refractivity contribution in [2.45, 2.75) is 72.7 Å². The summed E-state index contributed by atoms with van der Waals surface area (Å²) in [6.45, 7) is 8.73. The monoisotopic (exact) mass is 657 g/mol. The van der Waals surface area contributed by atoms with Gasteiger partial charge in [-0.15, -0.1) is 27.1 Å². The predicted octanol–water partition coefficient (Wildman–Crippen LogP) is 7.77. The summed E-state index contributed by atoms with van der Waals surface area (Å²) in [5.41, 5.74) is 3.95. The van der Waals surface area contributed by atoms with Crippen LogP contribution in [0.25, 0.3) is 0 Å². The Hall–Kier alpha value is -3.87. The van der Waals surface area contributed by atoms with Crippen LogP contribution in [0.4, 0.5) is 0 Å². The van der Waals surface area contributed by atoms with Gasteiger partial charge in [0.25, 0.3) is 0 Å². The molecule has 0 atom stereocenters. The van der Waals surface area contributed by atoms with Crippen molar-refractivity contribution in [3.8, 4) is 0 Å². The Morgan fingerprint density at radius 1 is 0.578 bits per heavy atom. The number of aromatic nitrogens is 9. The molecule has 0 bridgehead atoms. The number of benzene rings is 3. The lowest BCUT2D eigenvalue weighted by molar-refractivity contribution is 0.560. The lowest BCUT2D eigenvalue weighted by atomic mass is 10.2. The molecule has 12 heteroatoms. The van der Waals surface area contributed by atoms with Crippen molar-refractivity contribution in [2.75, 3.05) is 0 Å². The van der Waals surface area contributed by atoms with Gasteiger partial charge in [-0.1, -0.05) is 125 Å². The summed E-state index contributed by atoms with van der Waals surface area (Å²) in [6.07, 6.45) is 5.61. The summed E-state index contributed by atoms with van der Waals surface area (Å²) < 4.78 is 3.75. The van der Waals surface area contributed by atoms with Crippen molar-refractivity contribution in [3.05, 3.63) is 126 Å². The van der Waals surface area contributed by atoms with Gasteiger partial charge in [-0.05, 0) is 37.5 Å². The van der Waals surface area contributed by atoms with E-state index in [0.717, 1.165) is 52.0 Å². The second-order valence-electron chi connectivity index (χ2n) is 9.49. The quantitative estimate of drug-likeness (QED) is 0.122. The van der Waals surface area contributed by atoms with Crippen molar-refractivity contribution in [1.29, 1.82) is 0 Å². The summed E-state index contributed by atoms with van der Waals surface area (Å²) in [7, 11) is 0. The number of aryl methyl sites for hydroxylation is 3. The number of rotatable bonds is 12. The topological polar surface area (TPSA) is 92.1 Å². The van der Waals surface area contributed by atoms with Crippen molar-refractivity contribution in [2.24, 2.45) is 0 Å². The molecule has 3 aromatic carbocycles. The molecule has 0 N–H and O–H groups in total. The first-order chi connectivity index (χ1) is 22.2. The van der Waals surface area contributed by atoms with Crippen molar-refractivity contribution >= 4 is 35.3 Å². The van der Waals surface area contributed by atoms with E-state index in [9.17, 15) is 0 Å². The van der Waals surface area contributed by atoms with E-state index in [-0.39, 0.29) is 0 Å². The normalized spacial score (nSPS) is 10.5. The molecule has 0 aliphatic carbocycles. The van der Waals surface area contributed by atoms with Crippen LogP contribution in [-0.4, -0.2) is 45.0 Å². The maximum absolute atomic E-state index is 4.31. The summed E-state index contributed by atoms with van der Waals surface area (Å²) in [6, 6.07) is 31.2. The summed E-state index contributed by atoms with van der Waals surface area (Å²) in [4.78, 5) is 1.70. The van der Waals surface area contributed by atoms with Gasteiger partial charge in [0.15, 0.2) is 0 Å². The van der Waals surface area contributed by atoms with Crippen LogP contribution in [0.2, 0.25) is 0 Å². The Balaban J connectivity index is 0.000000154. The molecule has 6 rings (SSSR count). The van der Waals surface area contributed by atoms with Crippen LogP contribution in [-0.2, 0) is 36.9 Å². The minimum atomic E-state index is 0.825. The second kappa shape index (κ2) is 19.5. The first-order valence-corrected chi connectivity index (χ1v) is 17.8. The minimum Gasteiger partial charge on any atom is -0.252 e. The third-order valence-electron chi connectivity index (χ3n) is 6.21. The van der Waals surface area contributed by atoms with Crippen LogP contribution in [0.15, 0.2) is 125 Å². The molecule has 0 fully saturated rings. The van der Waals surface area contributed by atoms with E-state index in [1.54, 1.807) is 40.1 Å². The van der Waals surface area contributed by atoms with Gasteiger partial charge in [0.1, 0.15) is 15.1 Å². The number of hydrogen-bond acceptors (Lipinski definition) is 9. The Labute approximate surface area is 278 Å². The van der Waals surface area contributed by atoms with Crippen LogP contribution >= 0.6 is 35.3 Å². The van der Waals surface area contributed by atoms with Crippen LogP contribution in [0.3, 0.4) is 0 Å². The molecule has 3 heterocycles. The average molecular weight is 658 g/mol. The number of nitrogens with zero attached hydrogens (tertiary/aromatic N) is 9. The van der Waals surface area contributed by atoms with Gasteiger partial charge in [0, 0.05) is 30.3 Å². The van der Waals surface area contributed by atoms with Gasteiger partial charge in [-0.3, -0.25) is 4.68 Å². The highest BCUT2D eigenvalue weighted by Crippen LogP contribution is 2.22. The molecular weight excluding hydrogens is 619 g/mol. The van der Waals surface area contributed by atoms with E-state index < -0.39 is 0 Å². The molecule has 0 spiro atoms. The Morgan fingerprint density at radius 3 is 1.62 bits per heavy atom. The Bertz CT molecular complexity index is 1540. The molecule has 45 heavy (non-hydrogen) atoms. The predicted molar refractivity (Wildman–Crippen MR) is 185 cm³/mol. The molecule has 0 amide bonds. The SMILES string of the molecule is CCn1cc(SCc2ccccc2)nn1.CCn1ncc(SCc2ccccc2)n1.CCn1nncc1SCc1ccccc1. The first-order valence-electron chi connectivity index (χ1n) is 14.9. The van der Waals surface area contributed by atoms with Crippen molar-refractivity contribution in [3.63, 3.8) is 0 Å². The zero-order valence-corrected chi connectivity index (χ0v) is 28.3. The fraction of sp³-hybridized carbons (Fsp3) is 0.273. The molecule has 234 valence electrons. The maximum Gasteiger partial charge on any atom is 0.139 e. The van der Waals surface area contributed by atoms with E-state index in [0.29, 0.717) is 0 Å². The molecule has 0 aliphatic rings. The van der Waals surface area contributed by atoms with E-state index in [1.165, 1.54) is 16.7 Å². The average Bonchev–Trinajstić information content (AvgIpc) is 3.89. The molecule has 9 nitrogen and oxygen atoms in total. The minimum absolute atomic E-state index is 0.825. The van der Waals surface area contributed by atoms with Gasteiger partial charge in [-0.2, -0.15) is 9.90 Å². The highest BCUT2D eigenvalue weighted by molar-refractivity contribution is 7.98. The molecule has 0 aliphatic heterocycles. The third kappa shape index (κ3) is 12.2. The highest BCUT2D eigenvalue weighted by atomic mass is 32.2. The van der Waals surface area contributed by atoms with Gasteiger partial charge in [0.05, 0.1) is 25.1 Å². The van der Waals surface area contributed by atoms with Crippen molar-refractivity contribution < 1.29 is 0 Å². The molecule has 0 saturated heterocycles. The summed E-state index contributed by atoms with van der Waals surface area (Å²) >= 11 is 5.20. The van der Waals surface area contributed by atoms with E-state index >= 15 is 0 Å². The van der Waals surface area contributed by atoms with Crippen molar-refractivity contribution in [1.82, 2.24) is 45.0 Å². The smallest absolute Gasteiger partial charge is 0.139 e. The maximum atomic E-state index is 4.31. The summed E-state index contributed by atoms with van der Waals surface area (Å²) in [5, 5.41) is 27.5. The van der Waals surface area contributed by atoms with Gasteiger partial charge in [-0.25, -0.2) is 4.68 Å². The zero-order chi connectivity index (χ0) is 31.5. The van der Waals surface area contributed by atoms with E-state index in [4.69, 9.17) is 0 Å². The van der Waals surface area contributed by atoms with Gasteiger partial charge < -0.3 is 0 Å². The number of hydrogen-bond donors (Lipinski definition) is 0. The number of thioether (sulfide) groups is 3. The Kier molecular flexibility index (Phi) is 14.7. The zero-order valence-electron chi connectivity index (χ0n) is 25.9. The molecule has 3 aromatic heterocycles. The standard InChI is InChI=1S/3C11H13N3S/c1-2-14-8-11(12-13-14)15-9-10-6-4-3-5-7-10;1-2-14-11(8-12-13-14)15-9-10-6-4-3-5-7-10;1-2-14-12-8-11(13-14)15-9-10-6-4-3-5-7-10/h3*3-8H,2,9H2,1H3. The molecule has 6 aromatic rings.